The summed E-state index contributed by atoms with van der Waals surface area (Å²) in [6, 6.07) is 7.64. The minimum atomic E-state index is -0.885. The number of carbonyl (C=O) groups excluding carboxylic acids is 1. The van der Waals surface area contributed by atoms with E-state index in [2.05, 4.69) is 4.90 Å². The molecule has 0 spiro atoms. The van der Waals surface area contributed by atoms with Gasteiger partial charge < -0.3 is 14.7 Å². The molecule has 112 valence electrons. The van der Waals surface area contributed by atoms with Crippen LogP contribution in [0.1, 0.15) is 36.0 Å². The highest BCUT2D eigenvalue weighted by atomic mass is 16.5. The second-order valence-electron chi connectivity index (χ2n) is 5.65. The molecule has 21 heavy (non-hydrogen) atoms. The van der Waals surface area contributed by atoms with Crippen LogP contribution in [0.5, 0.6) is 0 Å². The van der Waals surface area contributed by atoms with Crippen molar-refractivity contribution in [2.75, 3.05) is 18.0 Å². The molecule has 2 aliphatic rings. The summed E-state index contributed by atoms with van der Waals surface area (Å²) in [7, 11) is 0. The second kappa shape index (κ2) is 5.85. The Morgan fingerprint density at radius 3 is 2.90 bits per heavy atom. The number of para-hydroxylation sites is 1. The van der Waals surface area contributed by atoms with Gasteiger partial charge in [-0.3, -0.25) is 4.79 Å². The Bertz CT molecular complexity index is 557. The number of ketones is 1. The quantitative estimate of drug-likeness (QED) is 0.923. The average Bonchev–Trinajstić information content (AvgIpc) is 2.89. The van der Waals surface area contributed by atoms with Crippen LogP contribution < -0.4 is 4.90 Å². The number of Topliss-reactive ketones (excluding diaryl/α,β-unsaturated/α-hetero) is 1. The van der Waals surface area contributed by atoms with Gasteiger partial charge in [-0.15, -0.1) is 0 Å². The van der Waals surface area contributed by atoms with E-state index in [1.54, 1.807) is 0 Å². The maximum absolute atomic E-state index is 12.1. The van der Waals surface area contributed by atoms with Gasteiger partial charge in [0, 0.05) is 30.8 Å². The van der Waals surface area contributed by atoms with E-state index < -0.39 is 12.1 Å². The third kappa shape index (κ3) is 2.93. The number of nitrogens with zero attached hydrogens (tertiary/aromatic N) is 1. The van der Waals surface area contributed by atoms with Crippen LogP contribution in [0, 0.1) is 0 Å². The van der Waals surface area contributed by atoms with Crippen LogP contribution in [-0.4, -0.2) is 42.2 Å². The Balaban J connectivity index is 1.75. The molecule has 2 atom stereocenters. The van der Waals surface area contributed by atoms with Gasteiger partial charge >= 0.3 is 5.97 Å². The number of benzene rings is 1. The molecule has 2 aliphatic heterocycles. The van der Waals surface area contributed by atoms with Gasteiger partial charge in [-0.2, -0.15) is 0 Å². The molecule has 2 unspecified atom stereocenters. The fourth-order valence-electron chi connectivity index (χ4n) is 3.13. The Morgan fingerprint density at radius 1 is 1.33 bits per heavy atom. The van der Waals surface area contributed by atoms with E-state index in [9.17, 15) is 9.59 Å². The van der Waals surface area contributed by atoms with Gasteiger partial charge in [-0.1, -0.05) is 12.1 Å². The maximum Gasteiger partial charge on any atom is 0.332 e. The molecule has 1 aromatic carbocycles. The predicted octanol–water partition coefficient (Wildman–Crippen LogP) is 2.10. The molecule has 0 bridgehead atoms. The Kier molecular flexibility index (Phi) is 3.92. The molecule has 0 radical (unpaired) electrons. The van der Waals surface area contributed by atoms with Crippen LogP contribution >= 0.6 is 0 Å². The molecule has 2 heterocycles. The van der Waals surface area contributed by atoms with Crippen molar-refractivity contribution >= 4 is 17.4 Å². The third-order valence-electron chi connectivity index (χ3n) is 4.18. The first kappa shape index (κ1) is 14.1. The zero-order valence-electron chi connectivity index (χ0n) is 11.8. The topological polar surface area (TPSA) is 66.8 Å². The van der Waals surface area contributed by atoms with Crippen molar-refractivity contribution in [3.8, 4) is 0 Å². The van der Waals surface area contributed by atoms with Crippen LogP contribution in [0.3, 0.4) is 0 Å². The minimum Gasteiger partial charge on any atom is -0.479 e. The van der Waals surface area contributed by atoms with Crippen molar-refractivity contribution in [1.82, 2.24) is 0 Å². The number of ether oxygens (including phenoxy) is 1. The first-order valence-electron chi connectivity index (χ1n) is 7.40. The van der Waals surface area contributed by atoms with Gasteiger partial charge in [0.15, 0.2) is 11.9 Å². The summed E-state index contributed by atoms with van der Waals surface area (Å²) in [6.45, 7) is 1.45. The maximum atomic E-state index is 12.1. The fraction of sp³-hybridized carbons (Fsp3) is 0.500. The molecule has 0 amide bonds. The van der Waals surface area contributed by atoms with Gasteiger partial charge in [0.25, 0.3) is 0 Å². The van der Waals surface area contributed by atoms with E-state index in [0.717, 1.165) is 30.6 Å². The van der Waals surface area contributed by atoms with Crippen molar-refractivity contribution < 1.29 is 19.4 Å². The Hall–Kier alpha value is -1.88. The van der Waals surface area contributed by atoms with Crippen molar-refractivity contribution in [2.24, 2.45) is 0 Å². The largest absolute Gasteiger partial charge is 0.479 e. The molecule has 1 aromatic rings. The summed E-state index contributed by atoms with van der Waals surface area (Å²) < 4.78 is 5.58. The summed E-state index contributed by atoms with van der Waals surface area (Å²) in [5.74, 6) is -0.701. The van der Waals surface area contributed by atoms with Gasteiger partial charge in [0.2, 0.25) is 0 Å². The molecule has 0 aromatic heterocycles. The molecular weight excluding hydrogens is 270 g/mol. The van der Waals surface area contributed by atoms with Gasteiger partial charge in [-0.05, 0) is 31.4 Å². The third-order valence-corrected chi connectivity index (χ3v) is 4.18. The molecule has 3 rings (SSSR count). The lowest BCUT2D eigenvalue weighted by Gasteiger charge is -2.27. The van der Waals surface area contributed by atoms with Crippen molar-refractivity contribution in [3.63, 3.8) is 0 Å². The van der Waals surface area contributed by atoms with E-state index >= 15 is 0 Å². The lowest BCUT2D eigenvalue weighted by molar-refractivity contribution is -0.149. The monoisotopic (exact) mass is 289 g/mol. The van der Waals surface area contributed by atoms with E-state index in [1.807, 2.05) is 24.3 Å². The Morgan fingerprint density at radius 2 is 2.14 bits per heavy atom. The lowest BCUT2D eigenvalue weighted by Crippen LogP contribution is -2.34. The van der Waals surface area contributed by atoms with Crippen LogP contribution in [0.4, 0.5) is 5.69 Å². The SMILES string of the molecule is O=C1CCCN(CC2CCC(C(=O)O)O2)c2ccccc21. The zero-order valence-corrected chi connectivity index (χ0v) is 11.8. The molecule has 0 aliphatic carbocycles. The number of carbonyl (C=O) groups is 2. The number of fused-ring (bicyclic) bond motifs is 1. The Labute approximate surface area is 123 Å². The van der Waals surface area contributed by atoms with Crippen LogP contribution in [0.25, 0.3) is 0 Å². The van der Waals surface area contributed by atoms with Crippen LogP contribution in [-0.2, 0) is 9.53 Å². The highest BCUT2D eigenvalue weighted by Crippen LogP contribution is 2.28. The molecular formula is C16H19NO4. The van der Waals surface area contributed by atoms with E-state index in [0.29, 0.717) is 19.4 Å². The second-order valence-corrected chi connectivity index (χ2v) is 5.65. The van der Waals surface area contributed by atoms with Gasteiger partial charge in [0.1, 0.15) is 0 Å². The minimum absolute atomic E-state index is 0.0765. The normalized spacial score (nSPS) is 25.5. The molecule has 1 saturated heterocycles. The molecule has 1 fully saturated rings. The summed E-state index contributed by atoms with van der Waals surface area (Å²) >= 11 is 0. The van der Waals surface area contributed by atoms with Crippen LogP contribution in [0.2, 0.25) is 0 Å². The highest BCUT2D eigenvalue weighted by molar-refractivity contribution is 6.01. The van der Waals surface area contributed by atoms with E-state index in [4.69, 9.17) is 9.84 Å². The molecule has 1 N–H and O–H groups in total. The first-order valence-corrected chi connectivity index (χ1v) is 7.40. The molecule has 5 heteroatoms. The molecule has 0 saturated carbocycles. The van der Waals surface area contributed by atoms with Gasteiger partial charge in [-0.25, -0.2) is 4.79 Å². The van der Waals surface area contributed by atoms with Crippen molar-refractivity contribution in [1.29, 1.82) is 0 Å². The van der Waals surface area contributed by atoms with Gasteiger partial charge in [0.05, 0.1) is 6.10 Å². The zero-order chi connectivity index (χ0) is 14.8. The van der Waals surface area contributed by atoms with Crippen molar-refractivity contribution in [3.05, 3.63) is 29.8 Å². The van der Waals surface area contributed by atoms with Crippen molar-refractivity contribution in [2.45, 2.75) is 37.9 Å². The first-order chi connectivity index (χ1) is 10.1. The number of carboxylic acids is 1. The summed E-state index contributed by atoms with van der Waals surface area (Å²) in [5.41, 5.74) is 1.71. The number of hydrogen-bond acceptors (Lipinski definition) is 4. The van der Waals surface area contributed by atoms with Crippen LogP contribution in [0.15, 0.2) is 24.3 Å². The number of aliphatic carboxylic acids is 1. The predicted molar refractivity (Wildman–Crippen MR) is 77.8 cm³/mol. The number of hydrogen-bond donors (Lipinski definition) is 1. The number of anilines is 1. The van der Waals surface area contributed by atoms with E-state index in [-0.39, 0.29) is 11.9 Å². The number of carboxylic acid groups (broad SMARTS) is 1. The molecule has 5 nitrogen and oxygen atoms in total. The summed E-state index contributed by atoms with van der Waals surface area (Å²) in [6.07, 6.45) is 1.95. The summed E-state index contributed by atoms with van der Waals surface area (Å²) in [4.78, 5) is 25.2. The standard InChI is InChI=1S/C16H19NO4/c18-14-6-3-9-17(13-5-2-1-4-12(13)14)10-11-7-8-15(21-11)16(19)20/h1-2,4-5,11,15H,3,6-10H2,(H,19,20). The fourth-order valence-corrected chi connectivity index (χ4v) is 3.13. The lowest BCUT2D eigenvalue weighted by atomic mass is 10.1. The number of rotatable bonds is 3. The summed E-state index contributed by atoms with van der Waals surface area (Å²) in [5, 5.41) is 8.99. The smallest absolute Gasteiger partial charge is 0.332 e. The highest BCUT2D eigenvalue weighted by Gasteiger charge is 2.32. The van der Waals surface area contributed by atoms with E-state index in [1.165, 1.54) is 0 Å². The average molecular weight is 289 g/mol.